The number of benzene rings is 2. The molecule has 2 aromatic carbocycles. The van der Waals surface area contributed by atoms with Crippen LogP contribution in [0.25, 0.3) is 0 Å². The number of hydrogen-bond acceptors (Lipinski definition) is 4. The third-order valence-electron chi connectivity index (χ3n) is 6.41. The zero-order valence-electron chi connectivity index (χ0n) is 19.1. The molecule has 1 saturated heterocycles. The summed E-state index contributed by atoms with van der Waals surface area (Å²) < 4.78 is 11.3. The van der Waals surface area contributed by atoms with Gasteiger partial charge in [0.1, 0.15) is 13.2 Å². The summed E-state index contributed by atoms with van der Waals surface area (Å²) >= 11 is 0. The molecule has 2 heterocycles. The van der Waals surface area contributed by atoms with Gasteiger partial charge in [-0.1, -0.05) is 37.6 Å². The molecule has 0 radical (unpaired) electrons. The maximum atomic E-state index is 13.0. The Kier molecular flexibility index (Phi) is 6.40. The average Bonchev–Trinajstić information content (AvgIpc) is 2.82. The Morgan fingerprint density at radius 2 is 1.78 bits per heavy atom. The molecule has 170 valence electrons. The Bertz CT molecular complexity index is 984. The standard InChI is InChI=1S/C26H32N2O4/c1-18-6-8-19(9-7-18)25(30)28-12-4-5-20(16-28)24(29)27-17-26(2,3)21-10-11-22-23(15-21)32-14-13-31-22/h6-11,15,20H,4-5,12-14,16-17H2,1-3H3,(H,27,29). The van der Waals surface area contributed by atoms with Crippen molar-refractivity contribution in [3.05, 3.63) is 59.2 Å². The number of nitrogens with zero attached hydrogens (tertiary/aromatic N) is 1. The molecule has 2 amide bonds. The van der Waals surface area contributed by atoms with Gasteiger partial charge in [0.05, 0.1) is 5.92 Å². The predicted molar refractivity (Wildman–Crippen MR) is 123 cm³/mol. The SMILES string of the molecule is Cc1ccc(C(=O)N2CCCC(C(=O)NCC(C)(C)c3ccc4c(c3)OCCO4)C2)cc1. The van der Waals surface area contributed by atoms with Crippen molar-refractivity contribution in [2.45, 2.75) is 39.0 Å². The zero-order chi connectivity index (χ0) is 22.7. The number of hydrogen-bond donors (Lipinski definition) is 1. The zero-order valence-corrected chi connectivity index (χ0v) is 19.1. The van der Waals surface area contributed by atoms with E-state index in [0.717, 1.165) is 35.5 Å². The van der Waals surface area contributed by atoms with Gasteiger partial charge in [0.25, 0.3) is 5.91 Å². The minimum absolute atomic E-state index is 0.000826. The number of carbonyl (C=O) groups excluding carboxylic acids is 2. The van der Waals surface area contributed by atoms with E-state index < -0.39 is 0 Å². The highest BCUT2D eigenvalue weighted by atomic mass is 16.6. The van der Waals surface area contributed by atoms with Crippen molar-refractivity contribution in [1.29, 1.82) is 0 Å². The lowest BCUT2D eigenvalue weighted by atomic mass is 9.84. The lowest BCUT2D eigenvalue weighted by Crippen LogP contribution is -2.47. The summed E-state index contributed by atoms with van der Waals surface area (Å²) in [4.78, 5) is 27.6. The maximum absolute atomic E-state index is 13.0. The van der Waals surface area contributed by atoms with E-state index >= 15 is 0 Å². The summed E-state index contributed by atoms with van der Waals surface area (Å²) in [6, 6.07) is 13.6. The monoisotopic (exact) mass is 436 g/mol. The van der Waals surface area contributed by atoms with Crippen LogP contribution in [-0.4, -0.2) is 49.6 Å². The Hall–Kier alpha value is -3.02. The highest BCUT2D eigenvalue weighted by Crippen LogP contribution is 2.35. The molecule has 2 aliphatic rings. The van der Waals surface area contributed by atoms with Crippen molar-refractivity contribution in [1.82, 2.24) is 10.2 Å². The lowest BCUT2D eigenvalue weighted by molar-refractivity contribution is -0.126. The quantitative estimate of drug-likeness (QED) is 0.776. The van der Waals surface area contributed by atoms with Crippen molar-refractivity contribution >= 4 is 11.8 Å². The van der Waals surface area contributed by atoms with Gasteiger partial charge < -0.3 is 19.7 Å². The van der Waals surface area contributed by atoms with Crippen LogP contribution in [0.4, 0.5) is 0 Å². The van der Waals surface area contributed by atoms with Crippen LogP contribution in [-0.2, 0) is 10.2 Å². The largest absolute Gasteiger partial charge is 0.486 e. The van der Waals surface area contributed by atoms with Gasteiger partial charge in [-0.05, 0) is 49.6 Å². The van der Waals surface area contributed by atoms with Crippen LogP contribution >= 0.6 is 0 Å². The first kappa shape index (κ1) is 22.2. The topological polar surface area (TPSA) is 67.9 Å². The molecule has 1 fully saturated rings. The highest BCUT2D eigenvalue weighted by molar-refractivity contribution is 5.94. The van der Waals surface area contributed by atoms with Gasteiger partial charge in [-0.3, -0.25) is 9.59 Å². The first-order chi connectivity index (χ1) is 15.3. The minimum atomic E-state index is -0.266. The molecule has 6 heteroatoms. The second-order valence-corrected chi connectivity index (χ2v) is 9.42. The molecule has 0 aliphatic carbocycles. The molecule has 6 nitrogen and oxygen atoms in total. The predicted octanol–water partition coefficient (Wildman–Crippen LogP) is 3.71. The van der Waals surface area contributed by atoms with Gasteiger partial charge in [0.2, 0.25) is 5.91 Å². The van der Waals surface area contributed by atoms with Crippen LogP contribution in [0.15, 0.2) is 42.5 Å². The van der Waals surface area contributed by atoms with E-state index in [4.69, 9.17) is 9.47 Å². The molecule has 1 unspecified atom stereocenters. The van der Waals surface area contributed by atoms with Gasteiger partial charge in [-0.15, -0.1) is 0 Å². The normalized spacial score (nSPS) is 18.2. The minimum Gasteiger partial charge on any atom is -0.486 e. The van der Waals surface area contributed by atoms with E-state index in [9.17, 15) is 9.59 Å². The summed E-state index contributed by atoms with van der Waals surface area (Å²) in [5.41, 5.74) is 2.62. The Morgan fingerprint density at radius 1 is 1.06 bits per heavy atom. The molecule has 2 aromatic rings. The Morgan fingerprint density at radius 3 is 2.53 bits per heavy atom. The van der Waals surface area contributed by atoms with E-state index in [1.165, 1.54) is 0 Å². The number of ether oxygens (including phenoxy) is 2. The van der Waals surface area contributed by atoms with Crippen LogP contribution in [0.2, 0.25) is 0 Å². The fourth-order valence-corrected chi connectivity index (χ4v) is 4.27. The number of carbonyl (C=O) groups is 2. The summed E-state index contributed by atoms with van der Waals surface area (Å²) in [6.07, 6.45) is 1.63. The second kappa shape index (κ2) is 9.23. The van der Waals surface area contributed by atoms with Crippen LogP contribution in [0.1, 0.15) is 48.2 Å². The molecule has 1 atom stereocenters. The van der Waals surface area contributed by atoms with Crippen molar-refractivity contribution < 1.29 is 19.1 Å². The van der Waals surface area contributed by atoms with Crippen molar-refractivity contribution in [2.75, 3.05) is 32.8 Å². The number of nitrogens with one attached hydrogen (secondary N) is 1. The Labute approximate surface area is 189 Å². The number of likely N-dealkylation sites (tertiary alicyclic amines) is 1. The molecule has 0 saturated carbocycles. The number of piperidine rings is 1. The number of fused-ring (bicyclic) bond motifs is 1. The van der Waals surface area contributed by atoms with Crippen molar-refractivity contribution in [3.63, 3.8) is 0 Å². The summed E-state index contributed by atoms with van der Waals surface area (Å²) in [6.45, 7) is 8.99. The molecular weight excluding hydrogens is 404 g/mol. The molecule has 0 aromatic heterocycles. The van der Waals surface area contributed by atoms with Gasteiger partial charge in [-0.2, -0.15) is 0 Å². The van der Waals surface area contributed by atoms with E-state index in [1.54, 1.807) is 0 Å². The van der Waals surface area contributed by atoms with Crippen LogP contribution in [0.3, 0.4) is 0 Å². The molecule has 0 bridgehead atoms. The third-order valence-corrected chi connectivity index (χ3v) is 6.41. The molecule has 32 heavy (non-hydrogen) atoms. The van der Waals surface area contributed by atoms with E-state index in [0.29, 0.717) is 38.4 Å². The molecule has 0 spiro atoms. The lowest BCUT2D eigenvalue weighted by Gasteiger charge is -2.33. The van der Waals surface area contributed by atoms with E-state index in [2.05, 4.69) is 19.2 Å². The maximum Gasteiger partial charge on any atom is 0.253 e. The van der Waals surface area contributed by atoms with Crippen molar-refractivity contribution in [3.8, 4) is 11.5 Å². The number of amides is 2. The van der Waals surface area contributed by atoms with Crippen molar-refractivity contribution in [2.24, 2.45) is 5.92 Å². The van der Waals surface area contributed by atoms with E-state index in [-0.39, 0.29) is 23.1 Å². The van der Waals surface area contributed by atoms with E-state index in [1.807, 2.05) is 54.3 Å². The van der Waals surface area contributed by atoms with Gasteiger partial charge in [-0.25, -0.2) is 0 Å². The molecular formula is C26H32N2O4. The second-order valence-electron chi connectivity index (χ2n) is 9.42. The first-order valence-corrected chi connectivity index (χ1v) is 11.4. The molecule has 1 N–H and O–H groups in total. The average molecular weight is 437 g/mol. The number of aryl methyl sites for hydroxylation is 1. The summed E-state index contributed by atoms with van der Waals surface area (Å²) in [7, 11) is 0. The van der Waals surface area contributed by atoms with Gasteiger partial charge in [0, 0.05) is 30.6 Å². The smallest absolute Gasteiger partial charge is 0.253 e. The fraction of sp³-hybridized carbons (Fsp3) is 0.462. The molecule has 2 aliphatic heterocycles. The highest BCUT2D eigenvalue weighted by Gasteiger charge is 2.30. The molecule has 4 rings (SSSR count). The number of rotatable bonds is 5. The van der Waals surface area contributed by atoms with Gasteiger partial charge in [0.15, 0.2) is 11.5 Å². The van der Waals surface area contributed by atoms with Crippen LogP contribution < -0.4 is 14.8 Å². The van der Waals surface area contributed by atoms with Crippen LogP contribution in [0.5, 0.6) is 11.5 Å². The third kappa shape index (κ3) is 4.90. The van der Waals surface area contributed by atoms with Crippen LogP contribution in [0, 0.1) is 12.8 Å². The summed E-state index contributed by atoms with van der Waals surface area (Å²) in [5.74, 6) is 1.34. The summed E-state index contributed by atoms with van der Waals surface area (Å²) in [5, 5.41) is 3.13. The Balaban J connectivity index is 1.36. The van der Waals surface area contributed by atoms with Gasteiger partial charge >= 0.3 is 0 Å². The first-order valence-electron chi connectivity index (χ1n) is 11.4. The fourth-order valence-electron chi connectivity index (χ4n) is 4.27.